The van der Waals surface area contributed by atoms with Gasteiger partial charge in [0.25, 0.3) is 0 Å². The lowest BCUT2D eigenvalue weighted by Gasteiger charge is -1.65. The molecule has 0 saturated carbocycles. The summed E-state index contributed by atoms with van der Waals surface area (Å²) < 4.78 is 10.8. The van der Waals surface area contributed by atoms with Crippen molar-refractivity contribution >= 4 is 0 Å². The van der Waals surface area contributed by atoms with Crippen molar-refractivity contribution in [2.24, 2.45) is 0 Å². The van der Waals surface area contributed by atoms with E-state index >= 15 is 0 Å². The van der Waals surface area contributed by atoms with Gasteiger partial charge in [-0.1, -0.05) is 0 Å². The molecule has 1 nitrogen and oxygen atoms in total. The van der Waals surface area contributed by atoms with E-state index in [9.17, 15) is 4.48 Å². The van der Waals surface area contributed by atoms with Crippen LogP contribution in [0.15, 0.2) is 0 Å². The van der Waals surface area contributed by atoms with Gasteiger partial charge >= 0.3 is 0 Å². The van der Waals surface area contributed by atoms with Crippen LogP contribution in [0.1, 0.15) is 0 Å². The zero-order chi connectivity index (χ0) is 3.58. The lowest BCUT2D eigenvalue weighted by molar-refractivity contribution is 0.220. The summed E-state index contributed by atoms with van der Waals surface area (Å²) in [6.45, 7) is 0. The van der Waals surface area contributed by atoms with Gasteiger partial charge < -0.3 is 0 Å². The smallest absolute Gasteiger partial charge is 0.0421 e. The first-order chi connectivity index (χ1) is 1.73. The molecule has 0 N–H and O–H groups in total. The molecule has 0 aliphatic carbocycles. The van der Waals surface area contributed by atoms with Crippen LogP contribution in [0.4, 0.5) is 4.48 Å². The van der Waals surface area contributed by atoms with E-state index in [1.807, 2.05) is 0 Å². The maximum Gasteiger partial charge on any atom is 0.157 e. The Kier molecular flexibility index (Phi) is 1.20. The number of halogens is 1. The van der Waals surface area contributed by atoms with Crippen molar-refractivity contribution in [2.75, 3.05) is 14.1 Å². The van der Waals surface area contributed by atoms with E-state index in [1.165, 1.54) is 14.1 Å². The second kappa shape index (κ2) is 1.24. The second-order valence-electron chi connectivity index (χ2n) is 0.785. The highest BCUT2D eigenvalue weighted by Crippen LogP contribution is 1.55. The molecule has 0 saturated heterocycles. The molecule has 0 aromatic heterocycles. The Balaban J connectivity index is 2.32. The lowest BCUT2D eigenvalue weighted by atomic mass is 11.3. The molecule has 0 amide bonds. The average molecular weight is 63.1 g/mol. The van der Waals surface area contributed by atoms with E-state index < -0.39 is 0 Å². The third kappa shape index (κ3) is 124. The Bertz CT molecular complexity index is 10.8. The molecule has 0 bridgehead atoms. The fraction of sp³-hybridized carbons (Fsp3) is 1.00. The molecule has 0 unspecified atom stereocenters. The summed E-state index contributed by atoms with van der Waals surface area (Å²) in [4.78, 5) is 0. The Hall–Kier alpha value is -0.110. The summed E-state index contributed by atoms with van der Waals surface area (Å²) in [7, 11) is 2.67. The van der Waals surface area contributed by atoms with Gasteiger partial charge in [0.05, 0.1) is 4.48 Å². The highest BCUT2D eigenvalue weighted by molar-refractivity contribution is 4.04. The van der Waals surface area contributed by atoms with Gasteiger partial charge in [-0.15, -0.1) is 0 Å². The van der Waals surface area contributed by atoms with E-state index in [1.54, 1.807) is 0 Å². The third-order valence-corrected chi connectivity index (χ3v) is 0. The average Bonchev–Trinajstić information content (AvgIpc) is 0.811. The quantitative estimate of drug-likeness (QED) is 0.356. The fourth-order valence-electron chi connectivity index (χ4n) is 0. The van der Waals surface area contributed by atoms with Gasteiger partial charge in [-0.2, -0.15) is 0 Å². The van der Waals surface area contributed by atoms with Crippen LogP contribution in [0.2, 0.25) is 0 Å². The van der Waals surface area contributed by atoms with E-state index in [-0.39, 0.29) is 0 Å². The van der Waals surface area contributed by atoms with Crippen molar-refractivity contribution < 1.29 is 4.48 Å². The largest absolute Gasteiger partial charge is 0.157 e. The van der Waals surface area contributed by atoms with Crippen molar-refractivity contribution in [3.05, 3.63) is 0 Å². The minimum Gasteiger partial charge on any atom is 0.0421 e. The third-order valence-electron chi connectivity index (χ3n) is 0. The van der Waals surface area contributed by atoms with E-state index in [2.05, 4.69) is 0 Å². The summed E-state index contributed by atoms with van der Waals surface area (Å²) in [5.41, 5.74) is 0. The van der Waals surface area contributed by atoms with Gasteiger partial charge in [-0.25, -0.2) is 0 Å². The molecule has 0 spiro atoms. The Morgan fingerprint density at radius 2 is 1.50 bits per heavy atom. The monoisotopic (exact) mass is 63.0 g/mol. The summed E-state index contributed by atoms with van der Waals surface area (Å²) in [5, 5.41) is 0.500. The molecule has 0 rings (SSSR count). The molecule has 0 heterocycles. The van der Waals surface area contributed by atoms with E-state index in [0.29, 0.717) is 5.12 Å². The number of hydrogen-bond donors (Lipinski definition) is 0. The fourth-order valence-corrected chi connectivity index (χ4v) is 0. The minimum atomic E-state index is 0.500. The molecule has 25 valence electrons. The maximum atomic E-state index is 10.8. The summed E-state index contributed by atoms with van der Waals surface area (Å²) >= 11 is 0. The zero-order valence-electron chi connectivity index (χ0n) is 2.83. The normalized spacial score (nSPS) is 9.00. The van der Waals surface area contributed by atoms with Gasteiger partial charge in [0.15, 0.2) is 14.1 Å². The number of rotatable bonds is 0. The summed E-state index contributed by atoms with van der Waals surface area (Å²) in [6.07, 6.45) is 0. The second-order valence-corrected chi connectivity index (χ2v) is 0.785. The molecule has 2 heteroatoms. The van der Waals surface area contributed by atoms with E-state index in [4.69, 9.17) is 0 Å². The molecular formula is C2H6FN+. The molecule has 0 atom stereocenters. The van der Waals surface area contributed by atoms with E-state index in [0.717, 1.165) is 0 Å². The predicted molar refractivity (Wildman–Crippen MR) is 15.1 cm³/mol. The Morgan fingerprint density at radius 3 is 1.50 bits per heavy atom. The molecule has 4 heavy (non-hydrogen) atoms. The minimum absolute atomic E-state index is 0.500. The van der Waals surface area contributed by atoms with Crippen LogP contribution in [0.3, 0.4) is 0 Å². The van der Waals surface area contributed by atoms with Crippen LogP contribution in [-0.4, -0.2) is 14.1 Å². The summed E-state index contributed by atoms with van der Waals surface area (Å²) in [5.74, 6) is 0. The summed E-state index contributed by atoms with van der Waals surface area (Å²) in [6, 6.07) is 0. The molecule has 0 aromatic rings. The van der Waals surface area contributed by atoms with Crippen LogP contribution >= 0.6 is 0 Å². The van der Waals surface area contributed by atoms with Crippen molar-refractivity contribution in [2.45, 2.75) is 0 Å². The predicted octanol–water partition coefficient (Wildman–Crippen LogP) is 0.271. The topological polar surface area (TPSA) is 5.90 Å². The standard InChI is InChI=1S/C2H6FN/c1-4(2)3/h1-2H3/q+1. The van der Waals surface area contributed by atoms with Crippen LogP contribution in [0.5, 0.6) is 0 Å². The van der Waals surface area contributed by atoms with Crippen molar-refractivity contribution in [3.8, 4) is 0 Å². The van der Waals surface area contributed by atoms with Gasteiger partial charge in [0.1, 0.15) is 0 Å². The SMILES string of the molecule is C[N+](C)F. The number of nitrogens with zero attached hydrogens (tertiary/aromatic N) is 1. The van der Waals surface area contributed by atoms with Crippen LogP contribution in [0.25, 0.3) is 0 Å². The van der Waals surface area contributed by atoms with Gasteiger partial charge in [0, 0.05) is 5.12 Å². The van der Waals surface area contributed by atoms with Gasteiger partial charge in [-0.3, -0.25) is 0 Å². The maximum absolute atomic E-state index is 10.8. The van der Waals surface area contributed by atoms with Crippen LogP contribution in [0, 0.1) is 0 Å². The van der Waals surface area contributed by atoms with Crippen molar-refractivity contribution in [1.29, 1.82) is 0 Å². The molecule has 0 aliphatic rings. The molecule has 1 radical (unpaired) electrons. The lowest BCUT2D eigenvalue weighted by Crippen LogP contribution is -2.00. The first-order valence-electron chi connectivity index (χ1n) is 1.06. The first-order valence-corrected chi connectivity index (χ1v) is 1.06. The molecule has 0 aromatic carbocycles. The highest BCUT2D eigenvalue weighted by atomic mass is 19.2. The van der Waals surface area contributed by atoms with Crippen LogP contribution < -0.4 is 5.12 Å². The zero-order valence-corrected chi connectivity index (χ0v) is 2.83. The van der Waals surface area contributed by atoms with Gasteiger partial charge in [0.2, 0.25) is 0 Å². The highest BCUT2D eigenvalue weighted by Gasteiger charge is 1.82. The first kappa shape index (κ1) is 3.89. The Morgan fingerprint density at radius 1 is 1.50 bits per heavy atom. The van der Waals surface area contributed by atoms with Crippen LogP contribution in [-0.2, 0) is 0 Å². The molecule has 0 aliphatic heterocycles. The Labute approximate surface area is 25.0 Å². The van der Waals surface area contributed by atoms with Gasteiger partial charge in [-0.05, 0) is 0 Å². The van der Waals surface area contributed by atoms with Crippen molar-refractivity contribution in [1.82, 2.24) is 5.12 Å². The molecular weight excluding hydrogens is 57.0 g/mol. The van der Waals surface area contributed by atoms with Crippen molar-refractivity contribution in [3.63, 3.8) is 0 Å². The molecule has 0 fully saturated rings. The number of hydrogen-bond acceptors (Lipinski definition) is 1.